The van der Waals surface area contributed by atoms with E-state index < -0.39 is 26.7 Å². The van der Waals surface area contributed by atoms with Crippen LogP contribution in [0.25, 0.3) is 0 Å². The maximum atomic E-state index is 13.4. The molecule has 116 valence electrons. The van der Waals surface area contributed by atoms with Gasteiger partial charge in [-0.05, 0) is 37.6 Å². The predicted molar refractivity (Wildman–Crippen MR) is 74.0 cm³/mol. The number of rotatable bonds is 4. The number of piperidine rings is 1. The Morgan fingerprint density at radius 2 is 2.24 bits per heavy atom. The first-order valence-corrected chi connectivity index (χ1v) is 8.03. The quantitative estimate of drug-likeness (QED) is 0.797. The van der Waals surface area contributed by atoms with Crippen LogP contribution in [0.5, 0.6) is 0 Å². The van der Waals surface area contributed by atoms with Crippen molar-refractivity contribution in [3.05, 3.63) is 29.6 Å². The summed E-state index contributed by atoms with van der Waals surface area (Å²) in [5.41, 5.74) is -0.185. The van der Waals surface area contributed by atoms with Gasteiger partial charge in [-0.1, -0.05) is 0 Å². The van der Waals surface area contributed by atoms with Crippen molar-refractivity contribution in [2.45, 2.75) is 23.8 Å². The molecule has 0 bridgehead atoms. The Morgan fingerprint density at radius 3 is 2.86 bits per heavy atom. The van der Waals surface area contributed by atoms with Crippen molar-refractivity contribution >= 4 is 16.0 Å². The minimum Gasteiger partial charge on any atom is -0.465 e. The van der Waals surface area contributed by atoms with Crippen molar-refractivity contribution < 1.29 is 22.3 Å². The van der Waals surface area contributed by atoms with Crippen LogP contribution in [0.3, 0.4) is 0 Å². The molecule has 0 aromatic heterocycles. The van der Waals surface area contributed by atoms with Gasteiger partial charge in [0.1, 0.15) is 5.82 Å². The van der Waals surface area contributed by atoms with Gasteiger partial charge in [-0.3, -0.25) is 0 Å². The molecule has 1 heterocycles. The van der Waals surface area contributed by atoms with Crippen molar-refractivity contribution in [3.63, 3.8) is 0 Å². The average molecular weight is 316 g/mol. The molecule has 21 heavy (non-hydrogen) atoms. The van der Waals surface area contributed by atoms with Gasteiger partial charge in [0, 0.05) is 12.6 Å². The zero-order chi connectivity index (χ0) is 15.5. The van der Waals surface area contributed by atoms with E-state index >= 15 is 0 Å². The van der Waals surface area contributed by atoms with E-state index in [-0.39, 0.29) is 11.6 Å². The van der Waals surface area contributed by atoms with E-state index in [0.29, 0.717) is 13.0 Å². The van der Waals surface area contributed by atoms with E-state index in [9.17, 15) is 17.6 Å². The van der Waals surface area contributed by atoms with Crippen molar-refractivity contribution in [2.24, 2.45) is 0 Å². The number of methoxy groups -OCH3 is 1. The number of carbonyl (C=O) groups excluding carboxylic acids is 1. The van der Waals surface area contributed by atoms with Gasteiger partial charge < -0.3 is 10.1 Å². The molecule has 1 saturated heterocycles. The number of benzene rings is 1. The number of ether oxygens (including phenoxy) is 1. The molecule has 0 radical (unpaired) electrons. The Bertz CT molecular complexity index is 627. The number of sulfonamides is 1. The van der Waals surface area contributed by atoms with Gasteiger partial charge in [0.05, 0.1) is 17.6 Å². The summed E-state index contributed by atoms with van der Waals surface area (Å²) in [5, 5.41) is 3.08. The molecule has 1 aromatic rings. The van der Waals surface area contributed by atoms with Crippen LogP contribution >= 0.6 is 0 Å². The third-order valence-electron chi connectivity index (χ3n) is 3.26. The fraction of sp³-hybridized carbons (Fsp3) is 0.462. The molecule has 2 rings (SSSR count). The number of hydrogen-bond acceptors (Lipinski definition) is 5. The van der Waals surface area contributed by atoms with Gasteiger partial charge in [0.15, 0.2) is 0 Å². The molecule has 1 aliphatic heterocycles. The van der Waals surface area contributed by atoms with Crippen LogP contribution in [0, 0.1) is 5.82 Å². The van der Waals surface area contributed by atoms with Crippen molar-refractivity contribution in [1.82, 2.24) is 10.0 Å². The lowest BCUT2D eigenvalue weighted by atomic mass is 10.1. The maximum absolute atomic E-state index is 13.4. The van der Waals surface area contributed by atoms with E-state index in [1.807, 2.05) is 0 Å². The largest absolute Gasteiger partial charge is 0.465 e. The minimum atomic E-state index is -4.00. The standard InChI is InChI=1S/C13H17FN2O4S/c1-20-13(17)11-5-4-9(14)7-12(11)21(18,19)16-10-3-2-6-15-8-10/h4-5,7,10,15-16H,2-3,6,8H2,1H3. The second kappa shape index (κ2) is 6.50. The van der Waals surface area contributed by atoms with Crippen molar-refractivity contribution in [3.8, 4) is 0 Å². The number of carbonyl (C=O) groups is 1. The molecular weight excluding hydrogens is 299 g/mol. The van der Waals surface area contributed by atoms with Crippen molar-refractivity contribution in [2.75, 3.05) is 20.2 Å². The van der Waals surface area contributed by atoms with Crippen LogP contribution in [-0.2, 0) is 14.8 Å². The smallest absolute Gasteiger partial charge is 0.339 e. The van der Waals surface area contributed by atoms with Gasteiger partial charge >= 0.3 is 5.97 Å². The summed E-state index contributed by atoms with van der Waals surface area (Å²) in [6, 6.07) is 2.67. The lowest BCUT2D eigenvalue weighted by Gasteiger charge is -2.24. The van der Waals surface area contributed by atoms with Crippen LogP contribution in [0.4, 0.5) is 4.39 Å². The first-order valence-electron chi connectivity index (χ1n) is 6.55. The molecule has 0 amide bonds. The Balaban J connectivity index is 2.33. The van der Waals surface area contributed by atoms with E-state index in [1.165, 1.54) is 0 Å². The Hall–Kier alpha value is -1.51. The van der Waals surface area contributed by atoms with Crippen LogP contribution in [0.1, 0.15) is 23.2 Å². The lowest BCUT2D eigenvalue weighted by Crippen LogP contribution is -2.45. The summed E-state index contributed by atoms with van der Waals surface area (Å²) in [7, 11) is -2.86. The maximum Gasteiger partial charge on any atom is 0.339 e. The molecule has 1 fully saturated rings. The van der Waals surface area contributed by atoms with Crippen LogP contribution in [-0.4, -0.2) is 40.6 Å². The summed E-state index contributed by atoms with van der Waals surface area (Å²) in [4.78, 5) is 11.2. The third-order valence-corrected chi connectivity index (χ3v) is 4.82. The Kier molecular flexibility index (Phi) is 4.92. The fourth-order valence-corrected chi connectivity index (χ4v) is 3.71. The lowest BCUT2D eigenvalue weighted by molar-refractivity contribution is 0.0596. The summed E-state index contributed by atoms with van der Waals surface area (Å²) >= 11 is 0. The number of nitrogens with one attached hydrogen (secondary N) is 2. The Labute approximate surface area is 122 Å². The normalized spacial score (nSPS) is 19.2. The van der Waals surface area contributed by atoms with Gasteiger partial charge in [-0.15, -0.1) is 0 Å². The fourth-order valence-electron chi connectivity index (χ4n) is 2.23. The number of hydrogen-bond donors (Lipinski definition) is 2. The van der Waals surface area contributed by atoms with Crippen LogP contribution in [0.15, 0.2) is 23.1 Å². The van der Waals surface area contributed by atoms with Gasteiger partial charge in [0.25, 0.3) is 0 Å². The second-order valence-electron chi connectivity index (χ2n) is 4.80. The Morgan fingerprint density at radius 1 is 1.48 bits per heavy atom. The summed E-state index contributed by atoms with van der Waals surface area (Å²) in [5.74, 6) is -1.55. The summed E-state index contributed by atoms with van der Waals surface area (Å²) in [6.07, 6.45) is 1.54. The average Bonchev–Trinajstić information content (AvgIpc) is 2.47. The monoisotopic (exact) mass is 316 g/mol. The predicted octanol–water partition coefficient (Wildman–Crippen LogP) is 0.643. The highest BCUT2D eigenvalue weighted by atomic mass is 32.2. The van der Waals surface area contributed by atoms with Gasteiger partial charge in [0.2, 0.25) is 10.0 Å². The SMILES string of the molecule is COC(=O)c1ccc(F)cc1S(=O)(=O)NC1CCCNC1. The second-order valence-corrected chi connectivity index (χ2v) is 6.48. The van der Waals surface area contributed by atoms with Gasteiger partial charge in [-0.2, -0.15) is 0 Å². The number of halogens is 1. The molecule has 1 unspecified atom stereocenters. The topological polar surface area (TPSA) is 84.5 Å². The first-order chi connectivity index (χ1) is 9.94. The van der Waals surface area contributed by atoms with Crippen molar-refractivity contribution in [1.29, 1.82) is 0 Å². The molecule has 0 spiro atoms. The molecule has 8 heteroatoms. The minimum absolute atomic E-state index is 0.185. The molecule has 6 nitrogen and oxygen atoms in total. The van der Waals surface area contributed by atoms with Crippen LogP contribution in [0.2, 0.25) is 0 Å². The first kappa shape index (κ1) is 15.9. The summed E-state index contributed by atoms with van der Waals surface area (Å²) in [6.45, 7) is 1.34. The molecular formula is C13H17FN2O4S. The van der Waals surface area contributed by atoms with E-state index in [4.69, 9.17) is 0 Å². The molecule has 1 atom stereocenters. The zero-order valence-corrected chi connectivity index (χ0v) is 12.4. The molecule has 2 N–H and O–H groups in total. The number of esters is 1. The highest BCUT2D eigenvalue weighted by Crippen LogP contribution is 2.19. The van der Waals surface area contributed by atoms with Gasteiger partial charge in [-0.25, -0.2) is 22.3 Å². The zero-order valence-electron chi connectivity index (χ0n) is 11.6. The highest BCUT2D eigenvalue weighted by Gasteiger charge is 2.27. The highest BCUT2D eigenvalue weighted by molar-refractivity contribution is 7.89. The third kappa shape index (κ3) is 3.78. The molecule has 1 aromatic carbocycles. The van der Waals surface area contributed by atoms with Crippen LogP contribution < -0.4 is 10.0 Å². The molecule has 0 aliphatic carbocycles. The van der Waals surface area contributed by atoms with E-state index in [2.05, 4.69) is 14.8 Å². The van der Waals surface area contributed by atoms with E-state index in [0.717, 1.165) is 38.3 Å². The molecule has 0 saturated carbocycles. The molecule has 1 aliphatic rings. The summed E-state index contributed by atoms with van der Waals surface area (Å²) < 4.78 is 45.2. The van der Waals surface area contributed by atoms with E-state index in [1.54, 1.807) is 0 Å².